The molecule has 0 fully saturated rings. The van der Waals surface area contributed by atoms with Crippen molar-refractivity contribution in [3.8, 4) is 0 Å². The molecule has 2 aromatic carbocycles. The second kappa shape index (κ2) is 6.95. The highest BCUT2D eigenvalue weighted by Crippen LogP contribution is 2.12. The zero-order valence-electron chi connectivity index (χ0n) is 11.4. The van der Waals surface area contributed by atoms with Gasteiger partial charge in [0, 0.05) is 18.7 Å². The van der Waals surface area contributed by atoms with Gasteiger partial charge in [-0.2, -0.15) is 0 Å². The quantitative estimate of drug-likeness (QED) is 0.887. The molecule has 0 spiro atoms. The number of halogens is 2. The minimum atomic E-state index is -0.977. The Morgan fingerprint density at radius 3 is 2.38 bits per heavy atom. The van der Waals surface area contributed by atoms with Crippen molar-refractivity contribution in [2.24, 2.45) is 5.73 Å². The molecule has 3 nitrogen and oxygen atoms in total. The molecule has 0 radical (unpaired) electrons. The summed E-state index contributed by atoms with van der Waals surface area (Å²) in [7, 11) is 0. The van der Waals surface area contributed by atoms with Gasteiger partial charge >= 0.3 is 0 Å². The zero-order valence-corrected chi connectivity index (χ0v) is 11.4. The van der Waals surface area contributed by atoms with Crippen molar-refractivity contribution in [3.63, 3.8) is 0 Å². The third kappa shape index (κ3) is 3.86. The summed E-state index contributed by atoms with van der Waals surface area (Å²) >= 11 is 0. The number of carbonyl (C=O) groups is 1. The summed E-state index contributed by atoms with van der Waals surface area (Å²) in [4.78, 5) is 11.8. The molecule has 110 valence electrons. The summed E-state index contributed by atoms with van der Waals surface area (Å²) in [6.07, 6.45) is -0.200. The van der Waals surface area contributed by atoms with E-state index in [9.17, 15) is 13.6 Å². The number of nitrogens with two attached hydrogens (primary N) is 1. The molecule has 1 amide bonds. The lowest BCUT2D eigenvalue weighted by atomic mass is 10.1. The minimum absolute atomic E-state index is 0.0413. The van der Waals surface area contributed by atoms with Crippen LogP contribution in [0.5, 0.6) is 0 Å². The maximum Gasteiger partial charge on any atom is 0.224 e. The summed E-state index contributed by atoms with van der Waals surface area (Å²) in [6.45, 7) is 0.688. The zero-order chi connectivity index (χ0) is 15.2. The van der Waals surface area contributed by atoms with Crippen LogP contribution in [0.3, 0.4) is 0 Å². The average Bonchev–Trinajstić information content (AvgIpc) is 2.50. The number of hydrogen-bond donors (Lipinski definition) is 2. The standard InChI is InChI=1S/C16H16F2N2O/c17-14-7-3-6-11(16(14)18)8-15(21)20-10-13-5-2-1-4-12(13)9-19/h1-7H,8-10,19H2,(H,20,21). The fourth-order valence-electron chi connectivity index (χ4n) is 2.04. The van der Waals surface area contributed by atoms with Crippen LogP contribution in [0.25, 0.3) is 0 Å². The molecule has 0 saturated carbocycles. The first-order valence-corrected chi connectivity index (χ1v) is 6.58. The smallest absolute Gasteiger partial charge is 0.224 e. The summed E-state index contributed by atoms with van der Waals surface area (Å²) < 4.78 is 26.5. The third-order valence-corrected chi connectivity index (χ3v) is 3.20. The Bertz CT molecular complexity index is 644. The highest BCUT2D eigenvalue weighted by Gasteiger charge is 2.11. The van der Waals surface area contributed by atoms with E-state index in [0.717, 1.165) is 17.2 Å². The highest BCUT2D eigenvalue weighted by molar-refractivity contribution is 5.78. The first-order chi connectivity index (χ1) is 10.1. The number of amides is 1. The normalized spacial score (nSPS) is 10.4. The van der Waals surface area contributed by atoms with Crippen molar-refractivity contribution in [2.45, 2.75) is 19.5 Å². The Kier molecular flexibility index (Phi) is 5.00. The van der Waals surface area contributed by atoms with Gasteiger partial charge in [-0.05, 0) is 17.2 Å². The lowest BCUT2D eigenvalue weighted by Gasteiger charge is -2.09. The van der Waals surface area contributed by atoms with E-state index in [2.05, 4.69) is 5.32 Å². The lowest BCUT2D eigenvalue weighted by Crippen LogP contribution is -2.25. The molecule has 0 unspecified atom stereocenters. The molecule has 3 N–H and O–H groups in total. The van der Waals surface area contributed by atoms with Crippen LogP contribution in [0.15, 0.2) is 42.5 Å². The lowest BCUT2D eigenvalue weighted by molar-refractivity contribution is -0.120. The number of nitrogens with one attached hydrogen (secondary N) is 1. The molecule has 0 aliphatic rings. The van der Waals surface area contributed by atoms with Gasteiger partial charge in [-0.3, -0.25) is 4.79 Å². The SMILES string of the molecule is NCc1ccccc1CNC(=O)Cc1cccc(F)c1F. The topological polar surface area (TPSA) is 55.1 Å². The van der Waals surface area contributed by atoms with E-state index in [0.29, 0.717) is 13.1 Å². The predicted molar refractivity (Wildman–Crippen MR) is 76.2 cm³/mol. The van der Waals surface area contributed by atoms with E-state index in [1.165, 1.54) is 12.1 Å². The number of benzene rings is 2. The van der Waals surface area contributed by atoms with Gasteiger partial charge < -0.3 is 11.1 Å². The maximum absolute atomic E-state index is 13.5. The molecule has 2 aromatic rings. The molecule has 0 aliphatic heterocycles. The first kappa shape index (κ1) is 15.1. The van der Waals surface area contributed by atoms with Gasteiger partial charge in [0.25, 0.3) is 0 Å². The van der Waals surface area contributed by atoms with Gasteiger partial charge in [0.2, 0.25) is 5.91 Å². The van der Waals surface area contributed by atoms with Crippen LogP contribution in [-0.4, -0.2) is 5.91 Å². The van der Waals surface area contributed by atoms with E-state index >= 15 is 0 Å². The van der Waals surface area contributed by atoms with Crippen molar-refractivity contribution in [2.75, 3.05) is 0 Å². The Morgan fingerprint density at radius 2 is 1.67 bits per heavy atom. The van der Waals surface area contributed by atoms with E-state index < -0.39 is 11.6 Å². The third-order valence-electron chi connectivity index (χ3n) is 3.20. The highest BCUT2D eigenvalue weighted by atomic mass is 19.2. The molecule has 5 heteroatoms. The van der Waals surface area contributed by atoms with Crippen LogP contribution >= 0.6 is 0 Å². The molecular formula is C16H16F2N2O. The van der Waals surface area contributed by atoms with Crippen LogP contribution in [0, 0.1) is 11.6 Å². The predicted octanol–water partition coefficient (Wildman–Crippen LogP) is 2.28. The second-order valence-electron chi connectivity index (χ2n) is 4.64. The van der Waals surface area contributed by atoms with E-state index in [4.69, 9.17) is 5.73 Å². The van der Waals surface area contributed by atoms with Gasteiger partial charge in [0.1, 0.15) is 0 Å². The molecule has 0 atom stereocenters. The second-order valence-corrected chi connectivity index (χ2v) is 4.64. The van der Waals surface area contributed by atoms with Gasteiger partial charge in [-0.15, -0.1) is 0 Å². The van der Waals surface area contributed by atoms with Crippen molar-refractivity contribution in [3.05, 3.63) is 70.8 Å². The van der Waals surface area contributed by atoms with Crippen LogP contribution in [-0.2, 0) is 24.3 Å². The van der Waals surface area contributed by atoms with Crippen LogP contribution in [0.4, 0.5) is 8.78 Å². The summed E-state index contributed by atoms with van der Waals surface area (Å²) in [6, 6.07) is 11.3. The molecule has 21 heavy (non-hydrogen) atoms. The van der Waals surface area contributed by atoms with Crippen LogP contribution in [0.2, 0.25) is 0 Å². The first-order valence-electron chi connectivity index (χ1n) is 6.58. The van der Waals surface area contributed by atoms with Gasteiger partial charge in [0.15, 0.2) is 11.6 Å². The Balaban J connectivity index is 1.98. The van der Waals surface area contributed by atoms with E-state index in [-0.39, 0.29) is 17.9 Å². The molecule has 0 bridgehead atoms. The summed E-state index contributed by atoms with van der Waals surface area (Å²) in [5.74, 6) is -2.30. The van der Waals surface area contributed by atoms with Gasteiger partial charge in [-0.25, -0.2) is 8.78 Å². The van der Waals surface area contributed by atoms with Crippen LogP contribution in [0.1, 0.15) is 16.7 Å². The molecule has 0 heterocycles. The fraction of sp³-hybridized carbons (Fsp3) is 0.188. The Morgan fingerprint density at radius 1 is 1.00 bits per heavy atom. The molecule has 2 rings (SSSR count). The van der Waals surface area contributed by atoms with Crippen molar-refractivity contribution < 1.29 is 13.6 Å². The van der Waals surface area contributed by atoms with Crippen molar-refractivity contribution >= 4 is 5.91 Å². The molecule has 0 saturated heterocycles. The van der Waals surface area contributed by atoms with Crippen LogP contribution < -0.4 is 11.1 Å². The van der Waals surface area contributed by atoms with Gasteiger partial charge in [0.05, 0.1) is 6.42 Å². The fourth-order valence-corrected chi connectivity index (χ4v) is 2.04. The van der Waals surface area contributed by atoms with E-state index in [1.54, 1.807) is 0 Å². The van der Waals surface area contributed by atoms with Crippen molar-refractivity contribution in [1.29, 1.82) is 0 Å². The minimum Gasteiger partial charge on any atom is -0.352 e. The molecule has 0 aromatic heterocycles. The maximum atomic E-state index is 13.5. The Labute approximate surface area is 121 Å². The number of carbonyl (C=O) groups excluding carboxylic acids is 1. The molecular weight excluding hydrogens is 274 g/mol. The van der Waals surface area contributed by atoms with Crippen molar-refractivity contribution in [1.82, 2.24) is 5.32 Å². The monoisotopic (exact) mass is 290 g/mol. The summed E-state index contributed by atoms with van der Waals surface area (Å²) in [5, 5.41) is 2.69. The summed E-state index contributed by atoms with van der Waals surface area (Å²) in [5.41, 5.74) is 7.50. The van der Waals surface area contributed by atoms with Gasteiger partial charge in [-0.1, -0.05) is 36.4 Å². The number of hydrogen-bond acceptors (Lipinski definition) is 2. The average molecular weight is 290 g/mol. The van der Waals surface area contributed by atoms with E-state index in [1.807, 2.05) is 24.3 Å². The Hall–Kier alpha value is -2.27. The largest absolute Gasteiger partial charge is 0.352 e. The molecule has 0 aliphatic carbocycles. The number of rotatable bonds is 5.